The van der Waals surface area contributed by atoms with Gasteiger partial charge in [0.05, 0.1) is 6.07 Å². The maximum Gasteiger partial charge on any atom is 0.290 e. The molecule has 0 bridgehead atoms. The summed E-state index contributed by atoms with van der Waals surface area (Å²) in [4.78, 5) is 17.2. The summed E-state index contributed by atoms with van der Waals surface area (Å²) >= 11 is 0. The van der Waals surface area contributed by atoms with Gasteiger partial charge in [0.2, 0.25) is 0 Å². The minimum Gasteiger partial charge on any atom is -0.550 e. The van der Waals surface area contributed by atoms with E-state index in [2.05, 4.69) is 0 Å². The first-order valence-electron chi connectivity index (χ1n) is 2.13. The smallest absolute Gasteiger partial charge is 0.290 e. The van der Waals surface area contributed by atoms with E-state index in [1.165, 1.54) is 6.92 Å². The molecule has 66 valence electrons. The number of nitrogens with zero attached hydrogens (tertiary/aromatic N) is 1. The highest BCUT2D eigenvalue weighted by Gasteiger charge is 1.46. The summed E-state index contributed by atoms with van der Waals surface area (Å²) in [6, 6.07) is 1.75. The third kappa shape index (κ3) is 132. The van der Waals surface area contributed by atoms with E-state index in [1.807, 2.05) is 0 Å². The van der Waals surface area contributed by atoms with Crippen molar-refractivity contribution in [1.29, 1.82) is 5.26 Å². The molecular formula is C5H12N2O4. The largest absolute Gasteiger partial charge is 0.550 e. The fraction of sp³-hybridized carbons (Fsp3) is 0.400. The molecule has 0 radical (unpaired) electrons. The molecule has 6 heteroatoms. The van der Waals surface area contributed by atoms with Crippen molar-refractivity contribution in [2.45, 2.75) is 13.8 Å². The van der Waals surface area contributed by atoms with E-state index in [1.54, 1.807) is 6.07 Å². The topological polar surface area (TPSA) is 138 Å². The third-order valence-corrected chi connectivity index (χ3v) is 0. The van der Waals surface area contributed by atoms with Gasteiger partial charge in [0.25, 0.3) is 6.47 Å². The first-order chi connectivity index (χ1) is 4.56. The van der Waals surface area contributed by atoms with Crippen LogP contribution in [0.15, 0.2) is 0 Å². The van der Waals surface area contributed by atoms with Crippen LogP contribution >= 0.6 is 0 Å². The third-order valence-electron chi connectivity index (χ3n) is 0. The lowest BCUT2D eigenvalue weighted by Crippen LogP contribution is -2.16. The number of hydrogen-bond acceptors (Lipinski definition) is 4. The molecule has 6 nitrogen and oxygen atoms in total. The summed E-state index contributed by atoms with van der Waals surface area (Å²) in [5.74, 6) is -1.08. The minimum absolute atomic E-state index is 0. The highest BCUT2D eigenvalue weighted by atomic mass is 16.4. The predicted octanol–water partition coefficient (Wildman–Crippen LogP) is -0.637. The van der Waals surface area contributed by atoms with Crippen molar-refractivity contribution in [3.8, 4) is 6.07 Å². The molecule has 0 amide bonds. The van der Waals surface area contributed by atoms with Crippen molar-refractivity contribution in [2.24, 2.45) is 0 Å². The van der Waals surface area contributed by atoms with Crippen molar-refractivity contribution in [2.75, 3.05) is 0 Å². The zero-order valence-electron chi connectivity index (χ0n) is 6.70. The molecular weight excluding hydrogens is 152 g/mol. The van der Waals surface area contributed by atoms with Crippen LogP contribution in [0.5, 0.6) is 0 Å². The lowest BCUT2D eigenvalue weighted by atomic mass is 10.9. The SMILES string of the molecule is CC#N.CC(=O)[O-].O=CO.[NH4+]. The van der Waals surface area contributed by atoms with E-state index >= 15 is 0 Å². The molecule has 0 saturated carbocycles. The molecule has 0 fully saturated rings. The molecule has 0 atom stereocenters. The second-order valence-electron chi connectivity index (χ2n) is 0.821. The first kappa shape index (κ1) is 22.8. The van der Waals surface area contributed by atoms with Gasteiger partial charge in [0.15, 0.2) is 0 Å². The van der Waals surface area contributed by atoms with Crippen LogP contribution in [0.3, 0.4) is 0 Å². The Morgan fingerprint density at radius 1 is 1.73 bits per heavy atom. The number of hydrogen-bond donors (Lipinski definition) is 2. The Morgan fingerprint density at radius 2 is 1.73 bits per heavy atom. The van der Waals surface area contributed by atoms with Gasteiger partial charge >= 0.3 is 0 Å². The molecule has 0 heterocycles. The monoisotopic (exact) mass is 164 g/mol. The van der Waals surface area contributed by atoms with Crippen LogP contribution in [-0.4, -0.2) is 17.5 Å². The molecule has 0 aliphatic carbocycles. The van der Waals surface area contributed by atoms with Gasteiger partial charge in [-0.2, -0.15) is 5.26 Å². The van der Waals surface area contributed by atoms with Crippen LogP contribution in [-0.2, 0) is 9.59 Å². The number of quaternary nitrogens is 1. The van der Waals surface area contributed by atoms with E-state index < -0.39 is 5.97 Å². The van der Waals surface area contributed by atoms with Crippen molar-refractivity contribution in [3.63, 3.8) is 0 Å². The Morgan fingerprint density at radius 3 is 1.73 bits per heavy atom. The standard InChI is InChI=1S/C2H3N.C2H4O2.CH2O2.H3N/c1-2-3;1-2(3)4;2-1-3;/h1H3;1H3,(H,3,4);1H,(H,2,3);1H3. The molecule has 0 aromatic rings. The van der Waals surface area contributed by atoms with Gasteiger partial charge in [0, 0.05) is 12.9 Å². The maximum absolute atomic E-state index is 8.89. The number of carbonyl (C=O) groups is 2. The van der Waals surface area contributed by atoms with Crippen molar-refractivity contribution < 1.29 is 19.8 Å². The number of carboxylic acid groups (broad SMARTS) is 2. The van der Waals surface area contributed by atoms with Crippen LogP contribution in [0.4, 0.5) is 0 Å². The lowest BCUT2D eigenvalue weighted by molar-refractivity contribution is -0.302. The summed E-state index contributed by atoms with van der Waals surface area (Å²) in [5, 5.41) is 23.1. The number of carbonyl (C=O) groups excluding carboxylic acids is 1. The quantitative estimate of drug-likeness (QED) is 0.458. The first-order valence-corrected chi connectivity index (χ1v) is 2.13. The number of carboxylic acids is 1. The molecule has 0 spiro atoms. The van der Waals surface area contributed by atoms with Gasteiger partial charge < -0.3 is 21.2 Å². The summed E-state index contributed by atoms with van der Waals surface area (Å²) in [6.45, 7) is 2.15. The molecule has 0 aromatic carbocycles. The second-order valence-corrected chi connectivity index (χ2v) is 0.821. The molecule has 11 heavy (non-hydrogen) atoms. The summed E-state index contributed by atoms with van der Waals surface area (Å²) in [7, 11) is 0. The van der Waals surface area contributed by atoms with Gasteiger partial charge in [-0.1, -0.05) is 0 Å². The van der Waals surface area contributed by atoms with Crippen LogP contribution in [0.25, 0.3) is 0 Å². The van der Waals surface area contributed by atoms with E-state index in [4.69, 9.17) is 25.1 Å². The molecule has 0 rings (SSSR count). The van der Waals surface area contributed by atoms with Gasteiger partial charge in [-0.25, -0.2) is 0 Å². The van der Waals surface area contributed by atoms with Gasteiger partial charge in [-0.3, -0.25) is 4.79 Å². The zero-order valence-corrected chi connectivity index (χ0v) is 6.70. The van der Waals surface area contributed by atoms with Gasteiger partial charge in [-0.05, 0) is 6.92 Å². The summed E-state index contributed by atoms with van der Waals surface area (Å²) < 4.78 is 0. The van der Waals surface area contributed by atoms with E-state index in [9.17, 15) is 0 Å². The Kier molecular flexibility index (Phi) is 82.5. The molecule has 0 aliphatic heterocycles. The second kappa shape index (κ2) is 39.9. The van der Waals surface area contributed by atoms with Crippen LogP contribution < -0.4 is 11.3 Å². The van der Waals surface area contributed by atoms with Crippen molar-refractivity contribution in [1.82, 2.24) is 6.15 Å². The molecule has 0 aromatic heterocycles. The summed E-state index contributed by atoms with van der Waals surface area (Å²) in [5.41, 5.74) is 0. The highest BCUT2D eigenvalue weighted by Crippen LogP contribution is 1.31. The average Bonchev–Trinajstić information content (AvgIpc) is 1.65. The molecule has 0 saturated heterocycles. The highest BCUT2D eigenvalue weighted by molar-refractivity contribution is 5.60. The Hall–Kier alpha value is -1.61. The Bertz CT molecular complexity index is 114. The molecule has 0 unspecified atom stereocenters. The fourth-order valence-electron chi connectivity index (χ4n) is 0. The van der Waals surface area contributed by atoms with Crippen LogP contribution in [0, 0.1) is 11.3 Å². The van der Waals surface area contributed by atoms with E-state index in [0.29, 0.717) is 0 Å². The Labute approximate surface area is 64.7 Å². The lowest BCUT2D eigenvalue weighted by Gasteiger charge is -1.77. The Balaban J connectivity index is -0.0000000325. The predicted molar refractivity (Wildman–Crippen MR) is 36.6 cm³/mol. The number of aliphatic carboxylic acids is 1. The zero-order chi connectivity index (χ0) is 8.99. The number of rotatable bonds is 0. The van der Waals surface area contributed by atoms with Gasteiger partial charge in [0.1, 0.15) is 0 Å². The molecule has 0 aliphatic rings. The average molecular weight is 164 g/mol. The normalized spacial score (nSPS) is 4.09. The van der Waals surface area contributed by atoms with E-state index in [0.717, 1.165) is 6.92 Å². The van der Waals surface area contributed by atoms with Crippen molar-refractivity contribution >= 4 is 12.4 Å². The fourth-order valence-corrected chi connectivity index (χ4v) is 0. The van der Waals surface area contributed by atoms with Crippen molar-refractivity contribution in [3.05, 3.63) is 0 Å². The van der Waals surface area contributed by atoms with Gasteiger partial charge in [-0.15, -0.1) is 0 Å². The van der Waals surface area contributed by atoms with Crippen LogP contribution in [0.1, 0.15) is 13.8 Å². The molecule has 5 N–H and O–H groups in total. The number of nitriles is 1. The van der Waals surface area contributed by atoms with Crippen LogP contribution in [0.2, 0.25) is 0 Å². The minimum atomic E-state index is -1.08. The van der Waals surface area contributed by atoms with E-state index in [-0.39, 0.29) is 12.6 Å². The summed E-state index contributed by atoms with van der Waals surface area (Å²) in [6.07, 6.45) is 0. The maximum atomic E-state index is 8.89.